The van der Waals surface area contributed by atoms with Crippen molar-refractivity contribution in [3.63, 3.8) is 0 Å². The zero-order chi connectivity index (χ0) is 14.6. The standard InChI is InChI=1S/C19H35N/c1-5-15(6-2)16(20)10-19-9-14-7-17(3,12-19)11-18(4,8-14)13-19/h14-16H,5-13,20H2,1-4H3. The van der Waals surface area contributed by atoms with Gasteiger partial charge in [0.25, 0.3) is 0 Å². The molecule has 4 aliphatic carbocycles. The topological polar surface area (TPSA) is 26.0 Å². The largest absolute Gasteiger partial charge is 0.327 e. The Labute approximate surface area is 126 Å². The number of hydrogen-bond acceptors (Lipinski definition) is 1. The fourth-order valence-electron chi connectivity index (χ4n) is 7.47. The van der Waals surface area contributed by atoms with Gasteiger partial charge < -0.3 is 5.73 Å². The van der Waals surface area contributed by atoms with Crippen LogP contribution in [0.3, 0.4) is 0 Å². The smallest absolute Gasteiger partial charge is 0.00722 e. The summed E-state index contributed by atoms with van der Waals surface area (Å²) in [6.07, 6.45) is 12.7. The zero-order valence-electron chi connectivity index (χ0n) is 14.2. The molecule has 0 saturated heterocycles. The summed E-state index contributed by atoms with van der Waals surface area (Å²) in [5, 5.41) is 0. The normalized spacial score (nSPS) is 48.0. The molecule has 4 rings (SSSR count). The molecule has 2 N–H and O–H groups in total. The molecule has 0 radical (unpaired) electrons. The van der Waals surface area contributed by atoms with Crippen molar-refractivity contribution >= 4 is 0 Å². The molecule has 3 atom stereocenters. The van der Waals surface area contributed by atoms with Gasteiger partial charge in [-0.3, -0.25) is 0 Å². The van der Waals surface area contributed by atoms with Gasteiger partial charge in [0.2, 0.25) is 0 Å². The minimum absolute atomic E-state index is 0.438. The van der Waals surface area contributed by atoms with Crippen molar-refractivity contribution in [2.24, 2.45) is 33.8 Å². The monoisotopic (exact) mass is 277 g/mol. The van der Waals surface area contributed by atoms with E-state index >= 15 is 0 Å². The number of nitrogens with two attached hydrogens (primary N) is 1. The van der Waals surface area contributed by atoms with E-state index in [0.29, 0.717) is 22.3 Å². The Morgan fingerprint density at radius 1 is 0.950 bits per heavy atom. The van der Waals surface area contributed by atoms with Gasteiger partial charge in [0, 0.05) is 6.04 Å². The molecule has 0 amide bonds. The molecule has 0 aromatic rings. The number of hydrogen-bond donors (Lipinski definition) is 1. The van der Waals surface area contributed by atoms with E-state index in [1.807, 2.05) is 0 Å². The van der Waals surface area contributed by atoms with Gasteiger partial charge in [-0.1, -0.05) is 40.5 Å². The molecule has 0 aromatic carbocycles. The van der Waals surface area contributed by atoms with Crippen molar-refractivity contribution in [3.05, 3.63) is 0 Å². The molecule has 4 fully saturated rings. The van der Waals surface area contributed by atoms with Crippen LogP contribution >= 0.6 is 0 Å². The third-order valence-corrected chi connectivity index (χ3v) is 7.06. The second kappa shape index (κ2) is 4.73. The molecular formula is C19H35N. The highest BCUT2D eigenvalue weighted by Crippen LogP contribution is 2.70. The second-order valence-corrected chi connectivity index (χ2v) is 9.57. The maximum atomic E-state index is 6.65. The molecule has 116 valence electrons. The van der Waals surface area contributed by atoms with Gasteiger partial charge in [-0.15, -0.1) is 0 Å². The van der Waals surface area contributed by atoms with E-state index in [2.05, 4.69) is 27.7 Å². The lowest BCUT2D eigenvalue weighted by atomic mass is 9.39. The highest BCUT2D eigenvalue weighted by molar-refractivity contribution is 5.11. The van der Waals surface area contributed by atoms with Crippen LogP contribution in [-0.4, -0.2) is 6.04 Å². The zero-order valence-corrected chi connectivity index (χ0v) is 14.2. The predicted octanol–water partition coefficient (Wildman–Crippen LogP) is 5.14. The lowest BCUT2D eigenvalue weighted by Crippen LogP contribution is -2.56. The Morgan fingerprint density at radius 2 is 1.50 bits per heavy atom. The lowest BCUT2D eigenvalue weighted by molar-refractivity contribution is -0.150. The molecule has 3 unspecified atom stereocenters. The van der Waals surface area contributed by atoms with Crippen LogP contribution in [-0.2, 0) is 0 Å². The first-order chi connectivity index (χ1) is 9.31. The molecule has 0 heterocycles. The fraction of sp³-hybridized carbons (Fsp3) is 1.00. The summed E-state index contributed by atoms with van der Waals surface area (Å²) in [7, 11) is 0. The van der Waals surface area contributed by atoms with Gasteiger partial charge in [-0.25, -0.2) is 0 Å². The van der Waals surface area contributed by atoms with Gasteiger partial charge in [0.15, 0.2) is 0 Å². The van der Waals surface area contributed by atoms with Crippen LogP contribution in [0.15, 0.2) is 0 Å². The average molecular weight is 277 g/mol. The third-order valence-electron chi connectivity index (χ3n) is 7.06. The van der Waals surface area contributed by atoms with E-state index in [9.17, 15) is 0 Å². The van der Waals surface area contributed by atoms with Crippen molar-refractivity contribution in [2.75, 3.05) is 0 Å². The molecule has 0 aromatic heterocycles. The van der Waals surface area contributed by atoms with Crippen LogP contribution in [0.25, 0.3) is 0 Å². The quantitative estimate of drug-likeness (QED) is 0.740. The molecule has 20 heavy (non-hydrogen) atoms. The molecule has 0 aliphatic heterocycles. The number of rotatable bonds is 5. The van der Waals surface area contributed by atoms with Crippen LogP contribution in [0.4, 0.5) is 0 Å². The van der Waals surface area contributed by atoms with Crippen LogP contribution in [0, 0.1) is 28.1 Å². The summed E-state index contributed by atoms with van der Waals surface area (Å²) in [6.45, 7) is 9.78. The lowest BCUT2D eigenvalue weighted by Gasteiger charge is -2.66. The highest BCUT2D eigenvalue weighted by atomic mass is 14.7. The Bertz CT molecular complexity index is 352. The van der Waals surface area contributed by atoms with E-state index in [1.54, 1.807) is 0 Å². The first-order valence-corrected chi connectivity index (χ1v) is 9.07. The molecule has 4 bridgehead atoms. The summed E-state index contributed by atoms with van der Waals surface area (Å²) < 4.78 is 0. The third kappa shape index (κ3) is 2.45. The van der Waals surface area contributed by atoms with Crippen molar-refractivity contribution in [1.82, 2.24) is 0 Å². The van der Waals surface area contributed by atoms with Crippen LogP contribution in [0.1, 0.15) is 85.5 Å². The van der Waals surface area contributed by atoms with Crippen LogP contribution < -0.4 is 5.73 Å². The molecule has 1 nitrogen and oxygen atoms in total. The average Bonchev–Trinajstić information content (AvgIpc) is 2.24. The van der Waals surface area contributed by atoms with Crippen molar-refractivity contribution in [2.45, 2.75) is 91.5 Å². The molecule has 1 heteroatoms. The van der Waals surface area contributed by atoms with Crippen molar-refractivity contribution in [3.8, 4) is 0 Å². The Kier molecular flexibility index (Phi) is 3.52. The van der Waals surface area contributed by atoms with Crippen LogP contribution in [0.2, 0.25) is 0 Å². The second-order valence-electron chi connectivity index (χ2n) is 9.57. The Morgan fingerprint density at radius 3 is 1.95 bits per heavy atom. The first kappa shape index (κ1) is 14.9. The summed E-state index contributed by atoms with van der Waals surface area (Å²) in [4.78, 5) is 0. The molecular weight excluding hydrogens is 242 g/mol. The summed E-state index contributed by atoms with van der Waals surface area (Å²) in [5.41, 5.74) is 8.53. The predicted molar refractivity (Wildman–Crippen MR) is 86.5 cm³/mol. The maximum absolute atomic E-state index is 6.65. The van der Waals surface area contributed by atoms with E-state index in [1.165, 1.54) is 57.8 Å². The van der Waals surface area contributed by atoms with E-state index in [0.717, 1.165) is 11.8 Å². The van der Waals surface area contributed by atoms with Crippen LogP contribution in [0.5, 0.6) is 0 Å². The highest BCUT2D eigenvalue weighted by Gasteiger charge is 2.60. The summed E-state index contributed by atoms with van der Waals surface area (Å²) in [6, 6.07) is 0.438. The molecule has 4 aliphatic rings. The van der Waals surface area contributed by atoms with E-state index < -0.39 is 0 Å². The van der Waals surface area contributed by atoms with Gasteiger partial charge in [-0.05, 0) is 73.0 Å². The summed E-state index contributed by atoms with van der Waals surface area (Å²) >= 11 is 0. The molecule has 4 saturated carbocycles. The molecule has 0 spiro atoms. The van der Waals surface area contributed by atoms with Gasteiger partial charge in [0.05, 0.1) is 0 Å². The minimum Gasteiger partial charge on any atom is -0.327 e. The van der Waals surface area contributed by atoms with Crippen molar-refractivity contribution < 1.29 is 0 Å². The minimum atomic E-state index is 0.438. The Hall–Kier alpha value is -0.0400. The maximum Gasteiger partial charge on any atom is 0.00722 e. The first-order valence-electron chi connectivity index (χ1n) is 9.07. The van der Waals surface area contributed by atoms with Gasteiger partial charge in [0.1, 0.15) is 0 Å². The van der Waals surface area contributed by atoms with E-state index in [4.69, 9.17) is 5.73 Å². The van der Waals surface area contributed by atoms with Gasteiger partial charge >= 0.3 is 0 Å². The van der Waals surface area contributed by atoms with Gasteiger partial charge in [-0.2, -0.15) is 0 Å². The van der Waals surface area contributed by atoms with E-state index in [-0.39, 0.29) is 0 Å². The van der Waals surface area contributed by atoms with Crippen molar-refractivity contribution in [1.29, 1.82) is 0 Å². The SMILES string of the molecule is CCC(CC)C(N)CC12CC3CC(C)(CC(C)(C3)C1)C2. The Balaban J connectivity index is 1.79. The fourth-order valence-corrected chi connectivity index (χ4v) is 7.47. The summed E-state index contributed by atoms with van der Waals surface area (Å²) in [5.74, 6) is 1.75.